The Kier molecular flexibility index (Phi) is 9.49. The first-order chi connectivity index (χ1) is 19.8. The van der Waals surface area contributed by atoms with Gasteiger partial charge in [-0.3, -0.25) is 9.79 Å². The molecule has 8 nitrogen and oxygen atoms in total. The molecule has 42 heavy (non-hydrogen) atoms. The van der Waals surface area contributed by atoms with E-state index in [1.165, 1.54) is 6.07 Å². The van der Waals surface area contributed by atoms with Crippen molar-refractivity contribution in [1.82, 2.24) is 9.80 Å². The summed E-state index contributed by atoms with van der Waals surface area (Å²) in [7, 11) is 3.96. The van der Waals surface area contributed by atoms with E-state index in [0.717, 1.165) is 37.6 Å². The fraction of sp³-hybridized carbons (Fsp3) is 0.367. The third kappa shape index (κ3) is 7.43. The van der Waals surface area contributed by atoms with Crippen LogP contribution >= 0.6 is 11.6 Å². The summed E-state index contributed by atoms with van der Waals surface area (Å²) in [6, 6.07) is 7.94. The molecule has 2 aliphatic rings. The maximum absolute atomic E-state index is 13.2. The third-order valence-electron chi connectivity index (χ3n) is 7.23. The van der Waals surface area contributed by atoms with E-state index in [2.05, 4.69) is 34.4 Å². The Morgan fingerprint density at radius 1 is 1.21 bits per heavy atom. The number of allylic oxidation sites excluding steroid dienone is 1. The van der Waals surface area contributed by atoms with Crippen LogP contribution in [0.3, 0.4) is 0 Å². The second kappa shape index (κ2) is 12.9. The van der Waals surface area contributed by atoms with E-state index in [0.29, 0.717) is 47.9 Å². The summed E-state index contributed by atoms with van der Waals surface area (Å²) in [5, 5.41) is 14.8. The first-order valence-corrected chi connectivity index (χ1v) is 13.7. The quantitative estimate of drug-likeness (QED) is 0.405. The minimum Gasteiger partial charge on any atom is -0.482 e. The number of hydrogen-bond acceptors (Lipinski definition) is 5. The Hall–Kier alpha value is -4.01. The van der Waals surface area contributed by atoms with Crippen molar-refractivity contribution in [2.24, 2.45) is 16.6 Å². The van der Waals surface area contributed by atoms with Crippen molar-refractivity contribution in [3.8, 4) is 11.8 Å². The second-order valence-corrected chi connectivity index (χ2v) is 10.9. The number of hydrogen-bond donors (Lipinski definition) is 3. The highest BCUT2D eigenvalue weighted by Crippen LogP contribution is 2.35. The fourth-order valence-corrected chi connectivity index (χ4v) is 4.87. The molecule has 0 unspecified atom stereocenters. The van der Waals surface area contributed by atoms with Crippen molar-refractivity contribution in [3.63, 3.8) is 0 Å². The molecule has 1 amide bonds. The van der Waals surface area contributed by atoms with Crippen LogP contribution in [-0.2, 0) is 6.18 Å². The zero-order valence-electron chi connectivity index (χ0n) is 23.6. The third-order valence-corrected chi connectivity index (χ3v) is 7.56. The van der Waals surface area contributed by atoms with Crippen LogP contribution in [-0.4, -0.2) is 67.8 Å². The maximum atomic E-state index is 13.2. The molecule has 0 bridgehead atoms. The van der Waals surface area contributed by atoms with E-state index in [-0.39, 0.29) is 17.1 Å². The predicted molar refractivity (Wildman–Crippen MR) is 160 cm³/mol. The predicted octanol–water partition coefficient (Wildman–Crippen LogP) is 5.48. The van der Waals surface area contributed by atoms with E-state index in [1.807, 2.05) is 18.9 Å². The number of amidine groups is 2. The number of aliphatic imine (C=N–C) groups is 1. The van der Waals surface area contributed by atoms with Gasteiger partial charge in [0.15, 0.2) is 0 Å². The van der Waals surface area contributed by atoms with Crippen LogP contribution in [0.25, 0.3) is 5.32 Å². The SMILES string of the molecule is Cc1ccc(NC(=O)c2ccc(Cl)c(C(F)(F)F)c2)cc1C#C/C(N)=C1\C(=N)[N-]CN(C)C1=NCC1CCN(C)CC1. The number of anilines is 1. The summed E-state index contributed by atoms with van der Waals surface area (Å²) >= 11 is 5.67. The van der Waals surface area contributed by atoms with E-state index < -0.39 is 22.7 Å². The lowest BCUT2D eigenvalue weighted by atomic mass is 9.97. The Labute approximate surface area is 248 Å². The number of aryl methyl sites for hydroxylation is 1. The lowest BCUT2D eigenvalue weighted by molar-refractivity contribution is -0.137. The molecule has 222 valence electrons. The largest absolute Gasteiger partial charge is 0.482 e. The second-order valence-electron chi connectivity index (χ2n) is 10.5. The number of alkyl halides is 3. The molecule has 2 aliphatic heterocycles. The summed E-state index contributed by atoms with van der Waals surface area (Å²) < 4.78 is 39.7. The molecule has 2 heterocycles. The molecule has 2 fully saturated rings. The maximum Gasteiger partial charge on any atom is 0.417 e. The monoisotopic (exact) mass is 598 g/mol. The number of likely N-dealkylation sites (N-methyl/N-ethyl adjacent to an activating group) is 1. The molecule has 0 aromatic heterocycles. The van der Waals surface area contributed by atoms with E-state index in [9.17, 15) is 18.0 Å². The van der Waals surface area contributed by atoms with Crippen molar-refractivity contribution >= 4 is 34.9 Å². The molecule has 2 aromatic carbocycles. The summed E-state index contributed by atoms with van der Waals surface area (Å²) in [6.45, 7) is 4.81. The van der Waals surface area contributed by atoms with Crippen LogP contribution in [0.5, 0.6) is 0 Å². The molecule has 0 atom stereocenters. The summed E-state index contributed by atoms with van der Waals surface area (Å²) in [5.74, 6) is 6.24. The highest BCUT2D eigenvalue weighted by atomic mass is 35.5. The Balaban J connectivity index is 1.57. The molecule has 2 saturated heterocycles. The van der Waals surface area contributed by atoms with Crippen LogP contribution in [0.1, 0.15) is 39.9 Å². The minimum atomic E-state index is -4.69. The van der Waals surface area contributed by atoms with Crippen molar-refractivity contribution in [2.75, 3.05) is 45.7 Å². The summed E-state index contributed by atoms with van der Waals surface area (Å²) in [5.41, 5.74) is 7.30. The number of nitrogens with one attached hydrogen (secondary N) is 2. The lowest BCUT2D eigenvalue weighted by Gasteiger charge is -2.36. The van der Waals surface area contributed by atoms with Gasteiger partial charge in [0, 0.05) is 42.6 Å². The molecule has 0 saturated carbocycles. The summed E-state index contributed by atoms with van der Waals surface area (Å²) in [4.78, 5) is 21.7. The lowest BCUT2D eigenvalue weighted by Crippen LogP contribution is -2.39. The first kappa shape index (κ1) is 30.9. The van der Waals surface area contributed by atoms with Gasteiger partial charge in [-0.2, -0.15) is 13.2 Å². The standard InChI is InChI=1S/C30H33ClF3N7O/c1-18-4-7-22(39-29(42)21-5-8-24(31)23(15-21)30(32,33)34)14-20(18)6-9-25(35)26-27(36)38-17-41(3)28(26)37-16-19-10-12-40(2)13-11-19/h4-5,7-8,14-15,19H,10-13,16-17H2,1-3H3,(H5,35,36,37,38,39,42)/p-1. The average molecular weight is 599 g/mol. The fourth-order valence-electron chi connectivity index (χ4n) is 4.65. The van der Waals surface area contributed by atoms with Gasteiger partial charge in [0.1, 0.15) is 5.84 Å². The first-order valence-electron chi connectivity index (χ1n) is 13.3. The van der Waals surface area contributed by atoms with Crippen LogP contribution < -0.4 is 11.1 Å². The van der Waals surface area contributed by atoms with Gasteiger partial charge in [-0.25, -0.2) is 0 Å². The molecule has 4 N–H and O–H groups in total. The number of nitrogens with zero attached hydrogens (tertiary/aromatic N) is 4. The Morgan fingerprint density at radius 2 is 1.93 bits per heavy atom. The van der Waals surface area contributed by atoms with Gasteiger partial charge in [0.05, 0.1) is 16.3 Å². The molecule has 2 aromatic rings. The van der Waals surface area contributed by atoms with E-state index >= 15 is 0 Å². The number of carbonyl (C=O) groups excluding carboxylic acids is 1. The highest BCUT2D eigenvalue weighted by Gasteiger charge is 2.34. The molecular formula is C30H32ClF3N7O-. The zero-order valence-corrected chi connectivity index (χ0v) is 24.3. The van der Waals surface area contributed by atoms with Gasteiger partial charge in [-0.15, -0.1) is 0 Å². The zero-order chi connectivity index (χ0) is 30.6. The Morgan fingerprint density at radius 3 is 2.62 bits per heavy atom. The van der Waals surface area contributed by atoms with Gasteiger partial charge in [-0.05, 0) is 87.6 Å². The van der Waals surface area contributed by atoms with Gasteiger partial charge < -0.3 is 31.6 Å². The van der Waals surface area contributed by atoms with Crippen molar-refractivity contribution in [1.29, 1.82) is 5.41 Å². The minimum absolute atomic E-state index is 0.0148. The van der Waals surface area contributed by atoms with Crippen LogP contribution in [0.4, 0.5) is 18.9 Å². The molecule has 12 heteroatoms. The number of nitrogens with two attached hydrogens (primary N) is 1. The van der Waals surface area contributed by atoms with Crippen molar-refractivity contribution in [2.45, 2.75) is 25.9 Å². The van der Waals surface area contributed by atoms with E-state index in [1.54, 1.807) is 18.2 Å². The number of amides is 1. The van der Waals surface area contributed by atoms with Crippen molar-refractivity contribution < 1.29 is 18.0 Å². The average Bonchev–Trinajstić information content (AvgIpc) is 2.94. The molecule has 0 radical (unpaired) electrons. The smallest absolute Gasteiger partial charge is 0.417 e. The van der Waals surface area contributed by atoms with Gasteiger partial charge in [0.2, 0.25) is 0 Å². The normalized spacial score (nSPS) is 18.8. The van der Waals surface area contributed by atoms with Crippen LogP contribution in [0.2, 0.25) is 5.02 Å². The van der Waals surface area contributed by atoms with Gasteiger partial charge in [-0.1, -0.05) is 29.4 Å². The topological polar surface area (TPSA) is 112 Å². The van der Waals surface area contributed by atoms with Crippen LogP contribution in [0.15, 0.2) is 52.7 Å². The van der Waals surface area contributed by atoms with Gasteiger partial charge in [0.25, 0.3) is 5.91 Å². The number of carbonyl (C=O) groups is 1. The Bertz CT molecular complexity index is 1500. The number of benzene rings is 2. The molecule has 4 rings (SSSR count). The van der Waals surface area contributed by atoms with Crippen LogP contribution in [0, 0.1) is 30.1 Å². The van der Waals surface area contributed by atoms with Gasteiger partial charge >= 0.3 is 6.18 Å². The molecule has 0 aliphatic carbocycles. The molecule has 0 spiro atoms. The van der Waals surface area contributed by atoms with Crippen molar-refractivity contribution in [3.05, 3.63) is 80.3 Å². The number of likely N-dealkylation sites (tertiary alicyclic amines) is 1. The van der Waals surface area contributed by atoms with E-state index in [4.69, 9.17) is 27.7 Å². The number of rotatable bonds is 4. The molecular weight excluding hydrogens is 567 g/mol. The highest BCUT2D eigenvalue weighted by molar-refractivity contribution is 6.31. The summed E-state index contributed by atoms with van der Waals surface area (Å²) in [6.07, 6.45) is -2.58. The number of halogens is 4. The number of piperidine rings is 1.